The molecule has 3 rings (SSSR count). The van der Waals surface area contributed by atoms with Crippen LogP contribution in [-0.4, -0.2) is 37.3 Å². The highest BCUT2D eigenvalue weighted by Gasteiger charge is 2.30. The number of thioether (sulfide) groups is 1. The molecule has 0 amide bonds. The SMILES string of the molecule is COc1cc(COC2N=C(c3ccccc3C)SC2Cl)cc(OC)c1OC. The van der Waals surface area contributed by atoms with E-state index in [-0.39, 0.29) is 4.71 Å². The molecule has 0 aromatic heterocycles. The van der Waals surface area contributed by atoms with Crippen LogP contribution in [0.3, 0.4) is 0 Å². The Labute approximate surface area is 168 Å². The molecule has 2 aromatic rings. The van der Waals surface area contributed by atoms with E-state index in [1.807, 2.05) is 30.3 Å². The molecular formula is C20H22ClNO4S. The number of hydrogen-bond donors (Lipinski definition) is 0. The molecule has 1 aliphatic heterocycles. The van der Waals surface area contributed by atoms with Gasteiger partial charge in [-0.25, -0.2) is 4.99 Å². The molecule has 0 N–H and O–H groups in total. The van der Waals surface area contributed by atoms with Crippen LogP contribution < -0.4 is 14.2 Å². The number of methoxy groups -OCH3 is 3. The van der Waals surface area contributed by atoms with E-state index in [9.17, 15) is 0 Å². The standard InChI is InChI=1S/C20H22ClNO4S/c1-12-7-5-6-8-14(12)20-22-19(18(21)27-20)26-11-13-9-15(23-2)17(25-4)16(10-13)24-3/h5-10,18-19H,11H2,1-4H3. The molecule has 2 aromatic carbocycles. The van der Waals surface area contributed by atoms with Crippen molar-refractivity contribution in [1.29, 1.82) is 0 Å². The van der Waals surface area contributed by atoms with Gasteiger partial charge in [0, 0.05) is 5.56 Å². The molecule has 0 aliphatic carbocycles. The van der Waals surface area contributed by atoms with Crippen molar-refractivity contribution >= 4 is 28.4 Å². The molecule has 0 saturated heterocycles. The average molecular weight is 408 g/mol. The summed E-state index contributed by atoms with van der Waals surface area (Å²) in [6.45, 7) is 2.39. The first-order valence-corrected chi connectivity index (χ1v) is 9.74. The predicted molar refractivity (Wildman–Crippen MR) is 110 cm³/mol. The lowest BCUT2D eigenvalue weighted by molar-refractivity contribution is 0.0582. The van der Waals surface area contributed by atoms with E-state index in [0.717, 1.165) is 21.7 Å². The number of aryl methyl sites for hydroxylation is 1. The van der Waals surface area contributed by atoms with Crippen molar-refractivity contribution in [1.82, 2.24) is 0 Å². The van der Waals surface area contributed by atoms with Gasteiger partial charge >= 0.3 is 0 Å². The van der Waals surface area contributed by atoms with Crippen molar-refractivity contribution in [3.63, 3.8) is 0 Å². The van der Waals surface area contributed by atoms with Crippen LogP contribution in [0.1, 0.15) is 16.7 Å². The first-order chi connectivity index (χ1) is 13.1. The molecule has 144 valence electrons. The summed E-state index contributed by atoms with van der Waals surface area (Å²) in [5.74, 6) is 1.72. The zero-order valence-electron chi connectivity index (χ0n) is 15.7. The van der Waals surface area contributed by atoms with Gasteiger partial charge in [0.2, 0.25) is 5.75 Å². The number of hydrogen-bond acceptors (Lipinski definition) is 6. The van der Waals surface area contributed by atoms with Crippen molar-refractivity contribution in [3.05, 3.63) is 53.1 Å². The Bertz CT molecular complexity index is 817. The average Bonchev–Trinajstić information content (AvgIpc) is 3.06. The summed E-state index contributed by atoms with van der Waals surface area (Å²) in [6, 6.07) is 11.8. The maximum Gasteiger partial charge on any atom is 0.203 e. The summed E-state index contributed by atoms with van der Waals surface area (Å²) in [6.07, 6.45) is -0.426. The fourth-order valence-corrected chi connectivity index (χ4v) is 4.20. The number of benzene rings is 2. The van der Waals surface area contributed by atoms with Crippen molar-refractivity contribution in [2.24, 2.45) is 4.99 Å². The first kappa shape index (κ1) is 19.9. The Kier molecular flexibility index (Phi) is 6.52. The number of nitrogens with zero attached hydrogens (tertiary/aromatic N) is 1. The van der Waals surface area contributed by atoms with Crippen LogP contribution >= 0.6 is 23.4 Å². The Morgan fingerprint density at radius 1 is 1.04 bits per heavy atom. The van der Waals surface area contributed by atoms with E-state index in [0.29, 0.717) is 23.9 Å². The summed E-state index contributed by atoms with van der Waals surface area (Å²) in [5.41, 5.74) is 3.14. The minimum Gasteiger partial charge on any atom is -0.493 e. The third-order valence-electron chi connectivity index (χ3n) is 4.21. The van der Waals surface area contributed by atoms with Gasteiger partial charge in [0.25, 0.3) is 0 Å². The summed E-state index contributed by atoms with van der Waals surface area (Å²) in [4.78, 5) is 4.67. The molecule has 7 heteroatoms. The second kappa shape index (κ2) is 8.87. The maximum atomic E-state index is 6.46. The Morgan fingerprint density at radius 2 is 1.70 bits per heavy atom. The molecular weight excluding hydrogens is 386 g/mol. The third-order valence-corrected chi connectivity index (χ3v) is 5.70. The normalized spacial score (nSPS) is 18.9. The number of aliphatic imine (C=N–C) groups is 1. The second-order valence-corrected chi connectivity index (χ2v) is 7.81. The molecule has 1 aliphatic rings. The van der Waals surface area contributed by atoms with E-state index < -0.39 is 6.23 Å². The molecule has 0 radical (unpaired) electrons. The first-order valence-electron chi connectivity index (χ1n) is 8.42. The molecule has 2 atom stereocenters. The van der Waals surface area contributed by atoms with Crippen LogP contribution in [0.5, 0.6) is 17.2 Å². The third kappa shape index (κ3) is 4.34. The van der Waals surface area contributed by atoms with Crippen molar-refractivity contribution in [3.8, 4) is 17.2 Å². The number of alkyl halides is 1. The predicted octanol–water partition coefficient (Wildman–Crippen LogP) is 4.62. The zero-order valence-corrected chi connectivity index (χ0v) is 17.3. The van der Waals surface area contributed by atoms with Crippen LogP contribution in [-0.2, 0) is 11.3 Å². The van der Waals surface area contributed by atoms with E-state index in [2.05, 4.69) is 18.0 Å². The van der Waals surface area contributed by atoms with Crippen LogP contribution in [0, 0.1) is 6.92 Å². The van der Waals surface area contributed by atoms with E-state index >= 15 is 0 Å². The molecule has 5 nitrogen and oxygen atoms in total. The van der Waals surface area contributed by atoms with Crippen molar-refractivity contribution in [2.45, 2.75) is 24.5 Å². The van der Waals surface area contributed by atoms with E-state index in [1.54, 1.807) is 21.3 Å². The number of halogens is 1. The van der Waals surface area contributed by atoms with E-state index in [4.69, 9.17) is 30.5 Å². The van der Waals surface area contributed by atoms with Crippen molar-refractivity contribution < 1.29 is 18.9 Å². The van der Waals surface area contributed by atoms with Gasteiger partial charge in [-0.2, -0.15) is 0 Å². The summed E-state index contributed by atoms with van der Waals surface area (Å²) in [5, 5.41) is 0.906. The Balaban J connectivity index is 1.76. The number of ether oxygens (including phenoxy) is 4. The minimum absolute atomic E-state index is 0.276. The fourth-order valence-electron chi connectivity index (χ4n) is 2.83. The maximum absolute atomic E-state index is 6.46. The lowest BCUT2D eigenvalue weighted by Gasteiger charge is -2.16. The minimum atomic E-state index is -0.426. The van der Waals surface area contributed by atoms with Gasteiger partial charge in [-0.15, -0.1) is 11.6 Å². The molecule has 27 heavy (non-hydrogen) atoms. The smallest absolute Gasteiger partial charge is 0.203 e. The van der Waals surface area contributed by atoms with Gasteiger partial charge in [0.1, 0.15) is 9.75 Å². The Morgan fingerprint density at radius 3 is 2.30 bits per heavy atom. The molecule has 1 heterocycles. The second-order valence-electron chi connectivity index (χ2n) is 5.95. The highest BCUT2D eigenvalue weighted by molar-refractivity contribution is 8.16. The quantitative estimate of drug-likeness (QED) is 0.626. The van der Waals surface area contributed by atoms with Gasteiger partial charge in [0.15, 0.2) is 17.7 Å². The lowest BCUT2D eigenvalue weighted by Crippen LogP contribution is -2.15. The van der Waals surface area contributed by atoms with Crippen LogP contribution in [0.4, 0.5) is 0 Å². The van der Waals surface area contributed by atoms with Gasteiger partial charge in [-0.05, 0) is 30.2 Å². The molecule has 0 bridgehead atoms. The molecule has 0 spiro atoms. The number of rotatable bonds is 7. The van der Waals surface area contributed by atoms with Crippen LogP contribution in [0.15, 0.2) is 41.4 Å². The molecule has 2 unspecified atom stereocenters. The largest absolute Gasteiger partial charge is 0.493 e. The fraction of sp³-hybridized carbons (Fsp3) is 0.350. The van der Waals surface area contributed by atoms with E-state index in [1.165, 1.54) is 11.8 Å². The van der Waals surface area contributed by atoms with Gasteiger partial charge < -0.3 is 18.9 Å². The summed E-state index contributed by atoms with van der Waals surface area (Å²) in [7, 11) is 4.75. The lowest BCUT2D eigenvalue weighted by atomic mass is 10.1. The summed E-state index contributed by atoms with van der Waals surface area (Å²) >= 11 is 7.98. The monoisotopic (exact) mass is 407 g/mol. The zero-order chi connectivity index (χ0) is 19.4. The highest BCUT2D eigenvalue weighted by atomic mass is 35.5. The topological polar surface area (TPSA) is 49.3 Å². The van der Waals surface area contributed by atoms with Crippen molar-refractivity contribution in [2.75, 3.05) is 21.3 Å². The molecule has 0 fully saturated rings. The van der Waals surface area contributed by atoms with Gasteiger partial charge in [-0.1, -0.05) is 36.0 Å². The van der Waals surface area contributed by atoms with Gasteiger partial charge in [0.05, 0.1) is 27.9 Å². The Hall–Kier alpha value is -1.89. The van der Waals surface area contributed by atoms with Crippen LogP contribution in [0.2, 0.25) is 0 Å². The van der Waals surface area contributed by atoms with Gasteiger partial charge in [-0.3, -0.25) is 0 Å². The molecule has 0 saturated carbocycles. The summed E-state index contributed by atoms with van der Waals surface area (Å²) < 4.78 is 21.8. The van der Waals surface area contributed by atoms with Crippen LogP contribution in [0.25, 0.3) is 0 Å². The highest BCUT2D eigenvalue weighted by Crippen LogP contribution is 2.39.